The number of nitrogens with one attached hydrogen (secondary N) is 1. The Labute approximate surface area is 75.5 Å². The standard InChI is InChI=1S/C8H11N3O2/c1-11-4-2-3-6(11)8(13)10-7(12)5-9/h2-4H,5,9H2,1H3,(H,10,12,13). The first-order valence-corrected chi connectivity index (χ1v) is 3.80. The SMILES string of the molecule is Cn1cccc1C(=O)NC(=O)CN. The second-order valence-electron chi connectivity index (χ2n) is 2.59. The van der Waals surface area contributed by atoms with Gasteiger partial charge in [0, 0.05) is 13.2 Å². The van der Waals surface area contributed by atoms with Crippen molar-refractivity contribution in [3.05, 3.63) is 24.0 Å². The number of carbonyl (C=O) groups is 2. The van der Waals surface area contributed by atoms with E-state index in [0.717, 1.165) is 0 Å². The first-order chi connectivity index (χ1) is 6.15. The summed E-state index contributed by atoms with van der Waals surface area (Å²) in [5, 5.41) is 2.15. The molecule has 0 spiro atoms. The number of imide groups is 1. The molecule has 1 aromatic rings. The third-order valence-electron chi connectivity index (χ3n) is 1.61. The Morgan fingerprint density at radius 3 is 2.77 bits per heavy atom. The summed E-state index contributed by atoms with van der Waals surface area (Å²) >= 11 is 0. The number of nitrogens with two attached hydrogens (primary N) is 1. The third kappa shape index (κ3) is 2.16. The predicted octanol–water partition coefficient (Wildman–Crippen LogP) is -0.760. The molecule has 0 saturated heterocycles. The molecule has 5 heteroatoms. The van der Waals surface area contributed by atoms with E-state index >= 15 is 0 Å². The maximum atomic E-state index is 11.3. The summed E-state index contributed by atoms with van der Waals surface area (Å²) in [5.41, 5.74) is 5.47. The Kier molecular flexibility index (Phi) is 2.81. The molecule has 0 aliphatic rings. The normalized spacial score (nSPS) is 9.69. The summed E-state index contributed by atoms with van der Waals surface area (Å²) in [6.07, 6.45) is 1.72. The van der Waals surface area contributed by atoms with Gasteiger partial charge >= 0.3 is 0 Å². The van der Waals surface area contributed by atoms with Crippen LogP contribution in [0.1, 0.15) is 10.5 Å². The van der Waals surface area contributed by atoms with Gasteiger partial charge in [-0.25, -0.2) is 0 Å². The zero-order chi connectivity index (χ0) is 9.84. The first kappa shape index (κ1) is 9.47. The van der Waals surface area contributed by atoms with Crippen molar-refractivity contribution in [2.75, 3.05) is 6.54 Å². The molecule has 13 heavy (non-hydrogen) atoms. The van der Waals surface area contributed by atoms with E-state index in [-0.39, 0.29) is 6.54 Å². The summed E-state index contributed by atoms with van der Waals surface area (Å²) in [6, 6.07) is 3.35. The molecular formula is C8H11N3O2. The Hall–Kier alpha value is -1.62. The lowest BCUT2D eigenvalue weighted by Gasteiger charge is -2.02. The highest BCUT2D eigenvalue weighted by molar-refractivity contribution is 6.04. The van der Waals surface area contributed by atoms with Crippen molar-refractivity contribution in [1.82, 2.24) is 9.88 Å². The molecule has 0 fully saturated rings. The van der Waals surface area contributed by atoms with Crippen LogP contribution in [-0.4, -0.2) is 22.9 Å². The minimum Gasteiger partial charge on any atom is -0.347 e. The van der Waals surface area contributed by atoms with Crippen LogP contribution in [0.25, 0.3) is 0 Å². The second-order valence-corrected chi connectivity index (χ2v) is 2.59. The highest BCUT2D eigenvalue weighted by Gasteiger charge is 2.10. The average molecular weight is 181 g/mol. The van der Waals surface area contributed by atoms with E-state index in [1.165, 1.54) is 0 Å². The van der Waals surface area contributed by atoms with Crippen molar-refractivity contribution in [3.63, 3.8) is 0 Å². The van der Waals surface area contributed by atoms with Crippen LogP contribution in [0.5, 0.6) is 0 Å². The molecule has 70 valence electrons. The highest BCUT2D eigenvalue weighted by Crippen LogP contribution is 1.98. The molecule has 3 N–H and O–H groups in total. The van der Waals surface area contributed by atoms with E-state index in [9.17, 15) is 9.59 Å². The highest BCUT2D eigenvalue weighted by atomic mass is 16.2. The lowest BCUT2D eigenvalue weighted by molar-refractivity contribution is -0.118. The van der Waals surface area contributed by atoms with E-state index in [0.29, 0.717) is 5.69 Å². The van der Waals surface area contributed by atoms with Crippen LogP contribution in [0.15, 0.2) is 18.3 Å². The van der Waals surface area contributed by atoms with Crippen LogP contribution >= 0.6 is 0 Å². The van der Waals surface area contributed by atoms with Crippen LogP contribution in [-0.2, 0) is 11.8 Å². The molecule has 0 aliphatic heterocycles. The van der Waals surface area contributed by atoms with Crippen molar-refractivity contribution < 1.29 is 9.59 Å². The molecule has 0 aliphatic carbocycles. The number of carbonyl (C=O) groups excluding carboxylic acids is 2. The molecule has 0 unspecified atom stereocenters. The van der Waals surface area contributed by atoms with Crippen LogP contribution < -0.4 is 11.1 Å². The van der Waals surface area contributed by atoms with Crippen LogP contribution in [0.4, 0.5) is 0 Å². The number of amides is 2. The Morgan fingerprint density at radius 2 is 2.31 bits per heavy atom. The van der Waals surface area contributed by atoms with Crippen molar-refractivity contribution in [2.45, 2.75) is 0 Å². The molecule has 5 nitrogen and oxygen atoms in total. The zero-order valence-corrected chi connectivity index (χ0v) is 7.28. The quantitative estimate of drug-likeness (QED) is 0.629. The number of hydrogen-bond donors (Lipinski definition) is 2. The van der Waals surface area contributed by atoms with Gasteiger partial charge in [-0.1, -0.05) is 0 Å². The average Bonchev–Trinajstić information content (AvgIpc) is 2.51. The van der Waals surface area contributed by atoms with E-state index in [2.05, 4.69) is 5.32 Å². The maximum Gasteiger partial charge on any atom is 0.274 e. The van der Waals surface area contributed by atoms with Gasteiger partial charge in [0.2, 0.25) is 5.91 Å². The Balaban J connectivity index is 2.69. The fourth-order valence-electron chi connectivity index (χ4n) is 0.939. The zero-order valence-electron chi connectivity index (χ0n) is 7.28. The predicted molar refractivity (Wildman–Crippen MR) is 46.9 cm³/mol. The lowest BCUT2D eigenvalue weighted by atomic mass is 10.4. The summed E-state index contributed by atoms with van der Waals surface area (Å²) in [4.78, 5) is 22.1. The van der Waals surface area contributed by atoms with Crippen molar-refractivity contribution in [2.24, 2.45) is 12.8 Å². The summed E-state index contributed by atoms with van der Waals surface area (Å²) in [6.45, 7) is -0.184. The number of aromatic nitrogens is 1. The first-order valence-electron chi connectivity index (χ1n) is 3.80. The van der Waals surface area contributed by atoms with Crippen LogP contribution in [0.3, 0.4) is 0 Å². The van der Waals surface area contributed by atoms with Gasteiger partial charge in [-0.3, -0.25) is 14.9 Å². The molecule has 0 bridgehead atoms. The topological polar surface area (TPSA) is 77.1 Å². The number of hydrogen-bond acceptors (Lipinski definition) is 3. The molecule has 1 heterocycles. The smallest absolute Gasteiger partial charge is 0.274 e. The van der Waals surface area contributed by atoms with Gasteiger partial charge in [-0.15, -0.1) is 0 Å². The molecule has 0 aromatic carbocycles. The van der Waals surface area contributed by atoms with E-state index in [1.54, 1.807) is 29.9 Å². The van der Waals surface area contributed by atoms with Crippen molar-refractivity contribution in [3.8, 4) is 0 Å². The Morgan fingerprint density at radius 1 is 1.62 bits per heavy atom. The summed E-state index contributed by atoms with van der Waals surface area (Å²) < 4.78 is 1.62. The van der Waals surface area contributed by atoms with Gasteiger partial charge in [0.1, 0.15) is 5.69 Å². The fourth-order valence-corrected chi connectivity index (χ4v) is 0.939. The molecule has 2 amide bonds. The molecular weight excluding hydrogens is 170 g/mol. The summed E-state index contributed by atoms with van der Waals surface area (Å²) in [7, 11) is 1.72. The second kappa shape index (κ2) is 3.86. The van der Waals surface area contributed by atoms with Gasteiger partial charge in [0.25, 0.3) is 5.91 Å². The van der Waals surface area contributed by atoms with E-state index < -0.39 is 11.8 Å². The summed E-state index contributed by atoms with van der Waals surface area (Å²) in [5.74, 6) is -0.908. The van der Waals surface area contributed by atoms with Gasteiger partial charge in [0.15, 0.2) is 0 Å². The maximum absolute atomic E-state index is 11.3. The fraction of sp³-hybridized carbons (Fsp3) is 0.250. The monoisotopic (exact) mass is 181 g/mol. The van der Waals surface area contributed by atoms with Crippen LogP contribution in [0, 0.1) is 0 Å². The molecule has 1 aromatic heterocycles. The van der Waals surface area contributed by atoms with E-state index in [1.807, 2.05) is 0 Å². The number of nitrogens with zero attached hydrogens (tertiary/aromatic N) is 1. The van der Waals surface area contributed by atoms with Crippen molar-refractivity contribution >= 4 is 11.8 Å². The molecule has 1 rings (SSSR count). The van der Waals surface area contributed by atoms with Crippen LogP contribution in [0.2, 0.25) is 0 Å². The number of aryl methyl sites for hydroxylation is 1. The van der Waals surface area contributed by atoms with Gasteiger partial charge in [-0.2, -0.15) is 0 Å². The largest absolute Gasteiger partial charge is 0.347 e. The van der Waals surface area contributed by atoms with Gasteiger partial charge in [-0.05, 0) is 12.1 Å². The van der Waals surface area contributed by atoms with Gasteiger partial charge < -0.3 is 10.3 Å². The van der Waals surface area contributed by atoms with Crippen molar-refractivity contribution in [1.29, 1.82) is 0 Å². The number of rotatable bonds is 2. The molecule has 0 radical (unpaired) electrons. The minimum absolute atomic E-state index is 0.184. The molecule has 0 atom stereocenters. The third-order valence-corrected chi connectivity index (χ3v) is 1.61. The van der Waals surface area contributed by atoms with E-state index in [4.69, 9.17) is 5.73 Å². The minimum atomic E-state index is -0.480. The Bertz CT molecular complexity index is 330. The molecule has 0 saturated carbocycles. The lowest BCUT2D eigenvalue weighted by Crippen LogP contribution is -2.36. The van der Waals surface area contributed by atoms with Gasteiger partial charge in [0.05, 0.1) is 6.54 Å².